The smallest absolute Gasteiger partial charge is 0.346 e. The summed E-state index contributed by atoms with van der Waals surface area (Å²) in [6, 6.07) is 1.86. The van der Waals surface area contributed by atoms with E-state index in [2.05, 4.69) is 5.32 Å². The van der Waals surface area contributed by atoms with E-state index < -0.39 is 17.4 Å². The van der Waals surface area contributed by atoms with E-state index in [0.29, 0.717) is 0 Å². The number of hydrogen-bond donors (Lipinski definition) is 1. The molecule has 0 aromatic heterocycles. The quantitative estimate of drug-likeness (QED) is 0.709. The van der Waals surface area contributed by atoms with Crippen LogP contribution in [-0.2, 0) is 14.3 Å². The molecule has 0 aromatic rings. The first-order chi connectivity index (χ1) is 7.38. The fourth-order valence-corrected chi connectivity index (χ4v) is 1.47. The zero-order chi connectivity index (χ0) is 12.8. The molecule has 1 atom stereocenters. The molecule has 0 radical (unpaired) electrons. The minimum Gasteiger partial charge on any atom is -0.463 e. The summed E-state index contributed by atoms with van der Waals surface area (Å²) in [4.78, 5) is 22.7. The van der Waals surface area contributed by atoms with Gasteiger partial charge < -0.3 is 10.1 Å². The molecule has 5 heteroatoms. The third-order valence-electron chi connectivity index (χ3n) is 1.92. The van der Waals surface area contributed by atoms with Crippen molar-refractivity contribution in [1.29, 1.82) is 5.26 Å². The van der Waals surface area contributed by atoms with Crippen LogP contribution in [0, 0.1) is 17.2 Å². The van der Waals surface area contributed by atoms with Crippen molar-refractivity contribution in [2.75, 3.05) is 6.61 Å². The summed E-state index contributed by atoms with van der Waals surface area (Å²) < 4.78 is 4.82. The van der Waals surface area contributed by atoms with Gasteiger partial charge in [0.2, 0.25) is 11.4 Å². The Kier molecular flexibility index (Phi) is 5.51. The molecule has 0 saturated heterocycles. The van der Waals surface area contributed by atoms with E-state index in [-0.39, 0.29) is 18.9 Å². The topological polar surface area (TPSA) is 79.2 Å². The Morgan fingerprint density at radius 3 is 2.38 bits per heavy atom. The van der Waals surface area contributed by atoms with Crippen LogP contribution in [0.3, 0.4) is 0 Å². The highest BCUT2D eigenvalue weighted by Crippen LogP contribution is 2.18. The first-order valence-corrected chi connectivity index (χ1v) is 5.25. The van der Waals surface area contributed by atoms with Gasteiger partial charge in [0.15, 0.2) is 0 Å². The second-order valence-corrected chi connectivity index (χ2v) is 4.02. The van der Waals surface area contributed by atoms with E-state index in [9.17, 15) is 9.59 Å². The van der Waals surface area contributed by atoms with Gasteiger partial charge in [0.1, 0.15) is 6.07 Å². The van der Waals surface area contributed by atoms with Gasteiger partial charge in [-0.25, -0.2) is 4.79 Å². The van der Waals surface area contributed by atoms with E-state index in [1.165, 1.54) is 6.92 Å². The predicted molar refractivity (Wildman–Crippen MR) is 58.2 cm³/mol. The van der Waals surface area contributed by atoms with Crippen LogP contribution in [0.15, 0.2) is 0 Å². The third-order valence-corrected chi connectivity index (χ3v) is 1.92. The zero-order valence-electron chi connectivity index (χ0n) is 10.2. The van der Waals surface area contributed by atoms with Crippen LogP contribution in [-0.4, -0.2) is 24.0 Å². The first kappa shape index (κ1) is 14.4. The van der Waals surface area contributed by atoms with Crippen molar-refractivity contribution in [2.45, 2.75) is 39.7 Å². The van der Waals surface area contributed by atoms with Crippen LogP contribution < -0.4 is 5.32 Å². The average Bonchev–Trinajstić information content (AvgIpc) is 2.15. The van der Waals surface area contributed by atoms with Crippen LogP contribution in [0.2, 0.25) is 0 Å². The third kappa shape index (κ3) is 3.89. The Labute approximate surface area is 95.8 Å². The number of carbonyl (C=O) groups excluding carboxylic acids is 2. The second kappa shape index (κ2) is 6.11. The fraction of sp³-hybridized carbons (Fsp3) is 0.727. The maximum absolute atomic E-state index is 11.7. The monoisotopic (exact) mass is 226 g/mol. The van der Waals surface area contributed by atoms with Crippen molar-refractivity contribution < 1.29 is 14.3 Å². The maximum atomic E-state index is 11.7. The normalized spacial score (nSPS) is 13.8. The van der Waals surface area contributed by atoms with Crippen LogP contribution in [0.1, 0.15) is 34.1 Å². The number of nitrogens with zero attached hydrogens (tertiary/aromatic N) is 1. The van der Waals surface area contributed by atoms with Crippen LogP contribution in [0.4, 0.5) is 0 Å². The standard InChI is InChI=1S/C11H18N2O3/c1-5-16-10(15)11(7-12,6-8(2)3)13-9(4)14/h8H,5-6H2,1-4H3,(H,13,14). The lowest BCUT2D eigenvalue weighted by atomic mass is 9.90. The number of nitriles is 1. The van der Waals surface area contributed by atoms with Crippen molar-refractivity contribution in [1.82, 2.24) is 5.32 Å². The summed E-state index contributed by atoms with van der Waals surface area (Å²) in [5.74, 6) is -1.02. The molecule has 0 saturated carbocycles. The van der Waals surface area contributed by atoms with Crippen molar-refractivity contribution >= 4 is 11.9 Å². The highest BCUT2D eigenvalue weighted by atomic mass is 16.5. The number of hydrogen-bond acceptors (Lipinski definition) is 4. The summed E-state index contributed by atoms with van der Waals surface area (Å²) in [7, 11) is 0. The number of amides is 1. The molecule has 90 valence electrons. The second-order valence-electron chi connectivity index (χ2n) is 4.02. The first-order valence-electron chi connectivity index (χ1n) is 5.25. The van der Waals surface area contributed by atoms with Crippen molar-refractivity contribution in [3.8, 4) is 6.07 Å². The van der Waals surface area contributed by atoms with Gasteiger partial charge in [0.05, 0.1) is 6.61 Å². The van der Waals surface area contributed by atoms with Gasteiger partial charge in [0.25, 0.3) is 0 Å². The molecular weight excluding hydrogens is 208 g/mol. The number of carbonyl (C=O) groups is 2. The Balaban J connectivity index is 5.04. The van der Waals surface area contributed by atoms with E-state index in [1.54, 1.807) is 6.92 Å². The summed E-state index contributed by atoms with van der Waals surface area (Å²) in [5.41, 5.74) is -1.56. The molecule has 16 heavy (non-hydrogen) atoms. The Morgan fingerprint density at radius 2 is 2.06 bits per heavy atom. The lowest BCUT2D eigenvalue weighted by Gasteiger charge is -2.26. The van der Waals surface area contributed by atoms with Crippen molar-refractivity contribution in [2.24, 2.45) is 5.92 Å². The van der Waals surface area contributed by atoms with Crippen LogP contribution in [0.5, 0.6) is 0 Å². The van der Waals surface area contributed by atoms with Gasteiger partial charge in [-0.3, -0.25) is 4.79 Å². The van der Waals surface area contributed by atoms with Crippen molar-refractivity contribution in [3.63, 3.8) is 0 Å². The van der Waals surface area contributed by atoms with Gasteiger partial charge >= 0.3 is 5.97 Å². The molecule has 0 aliphatic rings. The molecule has 0 aromatic carbocycles. The molecule has 0 aliphatic heterocycles. The minimum atomic E-state index is -1.56. The molecular formula is C11H18N2O3. The highest BCUT2D eigenvalue weighted by Gasteiger charge is 2.41. The molecule has 5 nitrogen and oxygen atoms in total. The highest BCUT2D eigenvalue weighted by molar-refractivity contribution is 5.90. The van der Waals surface area contributed by atoms with Crippen LogP contribution >= 0.6 is 0 Å². The lowest BCUT2D eigenvalue weighted by molar-refractivity contribution is -0.151. The van der Waals surface area contributed by atoms with Gasteiger partial charge in [-0.1, -0.05) is 13.8 Å². The molecule has 1 N–H and O–H groups in total. The SMILES string of the molecule is CCOC(=O)C(C#N)(CC(C)C)NC(C)=O. The van der Waals surface area contributed by atoms with Crippen LogP contribution in [0.25, 0.3) is 0 Å². The lowest BCUT2D eigenvalue weighted by Crippen LogP contribution is -2.54. The molecule has 0 bridgehead atoms. The molecule has 0 spiro atoms. The van der Waals surface area contributed by atoms with Gasteiger partial charge in [-0.15, -0.1) is 0 Å². The predicted octanol–water partition coefficient (Wildman–Crippen LogP) is 0.994. The Bertz CT molecular complexity index is 307. The van der Waals surface area contributed by atoms with Gasteiger partial charge in [-0.05, 0) is 19.3 Å². The van der Waals surface area contributed by atoms with E-state index in [0.717, 1.165) is 0 Å². The molecule has 1 amide bonds. The van der Waals surface area contributed by atoms with E-state index >= 15 is 0 Å². The number of ether oxygens (including phenoxy) is 1. The Morgan fingerprint density at radius 1 is 1.50 bits per heavy atom. The Hall–Kier alpha value is -1.57. The molecule has 0 heterocycles. The number of nitrogens with one attached hydrogen (secondary N) is 1. The summed E-state index contributed by atoms with van der Waals surface area (Å²) >= 11 is 0. The molecule has 0 fully saturated rings. The summed E-state index contributed by atoms with van der Waals surface area (Å²) in [6.45, 7) is 6.84. The zero-order valence-corrected chi connectivity index (χ0v) is 10.2. The largest absolute Gasteiger partial charge is 0.463 e. The summed E-state index contributed by atoms with van der Waals surface area (Å²) in [6.07, 6.45) is 0.238. The molecule has 0 aliphatic carbocycles. The number of rotatable bonds is 5. The van der Waals surface area contributed by atoms with Gasteiger partial charge in [0, 0.05) is 6.92 Å². The van der Waals surface area contributed by atoms with E-state index in [4.69, 9.17) is 10.00 Å². The van der Waals surface area contributed by atoms with Crippen molar-refractivity contribution in [3.05, 3.63) is 0 Å². The maximum Gasteiger partial charge on any atom is 0.346 e. The molecule has 0 rings (SSSR count). The number of esters is 1. The van der Waals surface area contributed by atoms with E-state index in [1.807, 2.05) is 19.9 Å². The summed E-state index contributed by atoms with van der Waals surface area (Å²) in [5, 5.41) is 11.5. The average molecular weight is 226 g/mol. The van der Waals surface area contributed by atoms with Gasteiger partial charge in [-0.2, -0.15) is 5.26 Å². The molecule has 1 unspecified atom stereocenters. The fourth-order valence-electron chi connectivity index (χ4n) is 1.47. The minimum absolute atomic E-state index is 0.0934.